The van der Waals surface area contributed by atoms with Crippen LogP contribution in [0.3, 0.4) is 0 Å². The van der Waals surface area contributed by atoms with Crippen molar-refractivity contribution < 1.29 is 43.7 Å². The van der Waals surface area contributed by atoms with Crippen molar-refractivity contribution in [2.75, 3.05) is 19.7 Å². The zero-order valence-electron chi connectivity index (χ0n) is 28.9. The Hall–Kier alpha value is -4.40. The molecule has 276 valence electrons. The van der Waals surface area contributed by atoms with Crippen molar-refractivity contribution in [2.24, 2.45) is 23.7 Å². The number of carbonyl (C=O) groups excluding carboxylic acids is 6. The minimum Gasteiger partial charge on any atom is -0.548 e. The van der Waals surface area contributed by atoms with Gasteiger partial charge in [0, 0.05) is 6.54 Å². The van der Waals surface area contributed by atoms with Crippen molar-refractivity contribution in [3.63, 3.8) is 0 Å². The number of urea groups is 1. The largest absolute Gasteiger partial charge is 0.548 e. The first-order valence-electron chi connectivity index (χ1n) is 17.7. The number of aliphatic hydroxyl groups excluding tert-OH is 1. The van der Waals surface area contributed by atoms with Gasteiger partial charge in [0.15, 0.2) is 6.10 Å². The number of nitrogens with one attached hydrogen (secondary N) is 5. The monoisotopic (exact) mass is 699 g/mol. The average Bonchev–Trinajstić information content (AvgIpc) is 4.04. The number of carboxylic acids is 1. The van der Waals surface area contributed by atoms with Crippen LogP contribution < -0.4 is 31.8 Å². The Morgan fingerprint density at radius 3 is 2.14 bits per heavy atom. The third-order valence-corrected chi connectivity index (χ3v) is 9.19. The van der Waals surface area contributed by atoms with Gasteiger partial charge < -0.3 is 41.0 Å². The highest BCUT2D eigenvalue weighted by molar-refractivity contribution is 5.90. The van der Waals surface area contributed by atoms with Crippen LogP contribution in [0.5, 0.6) is 0 Å². The second-order valence-corrected chi connectivity index (χ2v) is 14.2. The van der Waals surface area contributed by atoms with Gasteiger partial charge in [0.2, 0.25) is 5.91 Å². The van der Waals surface area contributed by atoms with E-state index in [1.165, 1.54) is 12.1 Å². The molecule has 3 aliphatic carbocycles. The van der Waals surface area contributed by atoms with E-state index >= 15 is 0 Å². The van der Waals surface area contributed by atoms with Gasteiger partial charge in [-0.15, -0.1) is 0 Å². The fraction of sp³-hybridized carbons (Fsp3) is 0.657. The Morgan fingerprint density at radius 2 is 1.54 bits per heavy atom. The topological polar surface area (TPSA) is 218 Å². The number of carboxylic acid groups (broad SMARTS) is 1. The number of hydrogen-bond donors (Lipinski definition) is 6. The summed E-state index contributed by atoms with van der Waals surface area (Å²) >= 11 is 0. The fourth-order valence-electron chi connectivity index (χ4n) is 6.02. The highest BCUT2D eigenvalue weighted by atomic mass is 16.5. The van der Waals surface area contributed by atoms with Crippen molar-refractivity contribution in [2.45, 2.75) is 102 Å². The molecule has 15 nitrogen and oxygen atoms in total. The van der Waals surface area contributed by atoms with Crippen LogP contribution in [-0.2, 0) is 23.9 Å². The molecule has 4 atom stereocenters. The smallest absolute Gasteiger partial charge is 0.407 e. The predicted octanol–water partition coefficient (Wildman–Crippen LogP) is 1.02. The molecule has 3 saturated carbocycles. The Bertz CT molecular complexity index is 1330. The molecule has 6 amide bonds. The number of benzene rings is 1. The lowest BCUT2D eigenvalue weighted by Crippen LogP contribution is -2.61. The Kier molecular flexibility index (Phi) is 14.2. The number of hydrazine groups is 1. The number of aliphatic carboxylic acids is 1. The lowest BCUT2D eigenvalue weighted by Gasteiger charge is -2.33. The van der Waals surface area contributed by atoms with E-state index in [0.29, 0.717) is 0 Å². The maximum absolute atomic E-state index is 13.7. The van der Waals surface area contributed by atoms with Gasteiger partial charge in [-0.3, -0.25) is 19.8 Å². The molecule has 4 rings (SSSR count). The zero-order chi connectivity index (χ0) is 36.2. The molecule has 1 aromatic carbocycles. The third-order valence-electron chi connectivity index (χ3n) is 9.19. The number of rotatable bonds is 17. The molecule has 3 aliphatic rings. The fourth-order valence-corrected chi connectivity index (χ4v) is 6.02. The van der Waals surface area contributed by atoms with Crippen LogP contribution in [0.4, 0.5) is 9.59 Å². The number of ether oxygens (including phenoxy) is 1. The second-order valence-electron chi connectivity index (χ2n) is 14.2. The summed E-state index contributed by atoms with van der Waals surface area (Å²) in [6.07, 6.45) is 5.63. The molecule has 3 fully saturated rings. The van der Waals surface area contributed by atoms with E-state index in [1.807, 2.05) is 13.8 Å². The third kappa shape index (κ3) is 12.5. The van der Waals surface area contributed by atoms with E-state index in [4.69, 9.17) is 4.74 Å². The van der Waals surface area contributed by atoms with Crippen molar-refractivity contribution in [1.29, 1.82) is 0 Å². The summed E-state index contributed by atoms with van der Waals surface area (Å²) < 4.78 is 5.29. The van der Waals surface area contributed by atoms with Crippen LogP contribution >= 0.6 is 0 Å². The summed E-state index contributed by atoms with van der Waals surface area (Å²) in [5, 5.41) is 33.9. The summed E-state index contributed by atoms with van der Waals surface area (Å²) in [6.45, 7) is 3.57. The minimum atomic E-state index is -1.75. The second kappa shape index (κ2) is 18.6. The average molecular weight is 700 g/mol. The van der Waals surface area contributed by atoms with Crippen LogP contribution in [0.15, 0.2) is 30.3 Å². The van der Waals surface area contributed by atoms with Gasteiger partial charge in [0.25, 0.3) is 11.8 Å². The SMILES string of the molecule is CC(C)COC(=O)N[C@H](C(=O)NN(CC1CC1)C(=O)N[C@@H](CC1CC1)[C@@H](O)C(=O)NCC(=O)N[C@H](C(=O)[O-])c1ccccc1)C1CCCCC1. The van der Waals surface area contributed by atoms with E-state index in [1.54, 1.807) is 18.2 Å². The molecule has 50 heavy (non-hydrogen) atoms. The molecule has 0 unspecified atom stereocenters. The van der Waals surface area contributed by atoms with Gasteiger partial charge in [0.1, 0.15) is 6.04 Å². The zero-order valence-corrected chi connectivity index (χ0v) is 28.9. The van der Waals surface area contributed by atoms with Gasteiger partial charge in [0.05, 0.1) is 31.2 Å². The van der Waals surface area contributed by atoms with E-state index in [9.17, 15) is 39.0 Å². The standard InChI is InChI=1S/C35H52N6O9/c1-21(2)20-50-35(49)39-28(24-9-5-3-6-10-24)31(44)40-41(19-23-15-16-23)34(48)37-26(17-22-13-14-22)30(43)32(45)36-18-27(42)38-29(33(46)47)25-11-7-4-8-12-25/h4,7-8,11-12,21-24,26,28-30,43H,3,5-6,9-10,13-20H2,1-2H3,(H,36,45)(H,37,48)(H,38,42)(H,39,49)(H,40,44)(H,46,47)/p-1/t26-,28-,29-,30+/m0/s1. The van der Waals surface area contributed by atoms with Gasteiger partial charge >= 0.3 is 12.1 Å². The van der Waals surface area contributed by atoms with Crippen molar-refractivity contribution in [3.05, 3.63) is 35.9 Å². The normalized spacial score (nSPS) is 18.5. The summed E-state index contributed by atoms with van der Waals surface area (Å²) in [7, 11) is 0. The Balaban J connectivity index is 1.38. The maximum atomic E-state index is 13.7. The first kappa shape index (κ1) is 38.4. The van der Waals surface area contributed by atoms with Crippen molar-refractivity contribution >= 4 is 35.8 Å². The maximum Gasteiger partial charge on any atom is 0.407 e. The molecule has 1 aromatic rings. The van der Waals surface area contributed by atoms with E-state index in [-0.39, 0.29) is 48.8 Å². The summed E-state index contributed by atoms with van der Waals surface area (Å²) in [6, 6.07) is 3.80. The molecule has 0 bridgehead atoms. The van der Waals surface area contributed by atoms with E-state index in [2.05, 4.69) is 26.7 Å². The Morgan fingerprint density at radius 1 is 0.880 bits per heavy atom. The van der Waals surface area contributed by atoms with Crippen molar-refractivity contribution in [3.8, 4) is 0 Å². The quantitative estimate of drug-likeness (QED) is 0.128. The van der Waals surface area contributed by atoms with Crippen LogP contribution in [0.1, 0.15) is 89.7 Å². The molecule has 0 spiro atoms. The molecule has 0 aromatic heterocycles. The molecule has 15 heteroatoms. The number of nitrogens with zero attached hydrogens (tertiary/aromatic N) is 1. The Labute approximate surface area is 292 Å². The van der Waals surface area contributed by atoms with Gasteiger partial charge in [-0.25, -0.2) is 14.6 Å². The highest BCUT2D eigenvalue weighted by Crippen LogP contribution is 2.34. The summed E-state index contributed by atoms with van der Waals surface area (Å²) in [5.41, 5.74) is 2.99. The lowest BCUT2D eigenvalue weighted by atomic mass is 9.83. The molecule has 0 heterocycles. The van der Waals surface area contributed by atoms with Crippen LogP contribution in [-0.4, -0.2) is 83.8 Å². The van der Waals surface area contributed by atoms with Crippen LogP contribution in [0.25, 0.3) is 0 Å². The minimum absolute atomic E-state index is 0.111. The highest BCUT2D eigenvalue weighted by Gasteiger charge is 2.38. The molecule has 0 aliphatic heterocycles. The van der Waals surface area contributed by atoms with Crippen molar-refractivity contribution in [1.82, 2.24) is 31.7 Å². The lowest BCUT2D eigenvalue weighted by molar-refractivity contribution is -0.308. The van der Waals surface area contributed by atoms with E-state index < -0.39 is 66.6 Å². The van der Waals surface area contributed by atoms with Crippen LogP contribution in [0.2, 0.25) is 0 Å². The van der Waals surface area contributed by atoms with Gasteiger partial charge in [-0.2, -0.15) is 0 Å². The van der Waals surface area contributed by atoms with Crippen LogP contribution in [0, 0.1) is 23.7 Å². The molecule has 6 N–H and O–H groups in total. The number of amides is 6. The first-order valence-corrected chi connectivity index (χ1v) is 17.7. The first-order chi connectivity index (χ1) is 23.9. The van der Waals surface area contributed by atoms with E-state index in [0.717, 1.165) is 62.8 Å². The van der Waals surface area contributed by atoms with Gasteiger partial charge in [-0.1, -0.05) is 76.3 Å². The molecule has 0 saturated heterocycles. The molecule has 0 radical (unpaired) electrons. The molecular weight excluding hydrogens is 648 g/mol. The number of alkyl carbamates (subject to hydrolysis) is 1. The number of carbonyl (C=O) groups is 6. The van der Waals surface area contributed by atoms with Gasteiger partial charge in [-0.05, 0) is 61.3 Å². The predicted molar refractivity (Wildman–Crippen MR) is 178 cm³/mol. The number of aliphatic hydroxyl groups is 1. The summed E-state index contributed by atoms with van der Waals surface area (Å²) in [5.74, 6) is -3.53. The number of hydrogen-bond acceptors (Lipinski definition) is 9. The summed E-state index contributed by atoms with van der Waals surface area (Å²) in [4.78, 5) is 77.2. The molecular formula is C35H51N6O9-.